The average molecular weight is 265 g/mol. The zero-order valence-corrected chi connectivity index (χ0v) is 9.92. The van der Waals surface area contributed by atoms with Crippen LogP contribution in [-0.4, -0.2) is 29.4 Å². The first-order chi connectivity index (χ1) is 7.45. The van der Waals surface area contributed by atoms with Crippen LogP contribution in [0.1, 0.15) is 5.56 Å². The molecule has 6 heteroatoms. The molecule has 0 radical (unpaired) electrons. The Labute approximate surface area is 102 Å². The molecule has 0 saturated carbocycles. The van der Waals surface area contributed by atoms with Crippen LogP contribution in [0, 0.1) is 0 Å². The van der Waals surface area contributed by atoms with E-state index in [2.05, 4.69) is 4.74 Å². The van der Waals surface area contributed by atoms with E-state index in [1.54, 1.807) is 0 Å². The number of esters is 1. The lowest BCUT2D eigenvalue weighted by molar-refractivity contribution is -0.150. The van der Waals surface area contributed by atoms with Crippen LogP contribution in [0.5, 0.6) is 5.75 Å². The molecule has 0 spiro atoms. The molecule has 1 rings (SSSR count). The standard InChI is InChI=1S/C10H10Cl2O4/c1-16-10(15)8(13)4-5-2-6(11)9(14)7(12)3-5/h2-3,8,13-14H,4H2,1H3/t8-/m1/s1. The molecule has 88 valence electrons. The van der Waals surface area contributed by atoms with Gasteiger partial charge in [-0.25, -0.2) is 4.79 Å². The van der Waals surface area contributed by atoms with Crippen molar-refractivity contribution in [1.29, 1.82) is 0 Å². The minimum Gasteiger partial charge on any atom is -0.505 e. The third kappa shape index (κ3) is 3.01. The predicted molar refractivity (Wildman–Crippen MR) is 59.9 cm³/mol. The number of hydrogen-bond donors (Lipinski definition) is 2. The van der Waals surface area contributed by atoms with E-state index in [0.29, 0.717) is 5.56 Å². The van der Waals surface area contributed by atoms with E-state index in [-0.39, 0.29) is 22.2 Å². The van der Waals surface area contributed by atoms with Gasteiger partial charge in [-0.1, -0.05) is 23.2 Å². The van der Waals surface area contributed by atoms with Gasteiger partial charge in [0.2, 0.25) is 0 Å². The molecule has 0 aliphatic rings. The molecule has 4 nitrogen and oxygen atoms in total. The highest BCUT2D eigenvalue weighted by Crippen LogP contribution is 2.33. The minimum atomic E-state index is -1.28. The molecule has 1 atom stereocenters. The molecule has 0 fully saturated rings. The summed E-state index contributed by atoms with van der Waals surface area (Å²) in [5, 5.41) is 18.8. The van der Waals surface area contributed by atoms with E-state index < -0.39 is 12.1 Å². The second-order valence-corrected chi connectivity index (χ2v) is 3.97. The van der Waals surface area contributed by atoms with E-state index in [0.717, 1.165) is 0 Å². The summed E-state index contributed by atoms with van der Waals surface area (Å²) in [6.07, 6.45) is -1.26. The van der Waals surface area contributed by atoms with Crippen molar-refractivity contribution in [1.82, 2.24) is 0 Å². The number of ether oxygens (including phenoxy) is 1. The number of carbonyl (C=O) groups excluding carboxylic acids is 1. The van der Waals surface area contributed by atoms with Gasteiger partial charge < -0.3 is 14.9 Å². The number of benzene rings is 1. The molecule has 0 saturated heterocycles. The Bertz CT molecular complexity index is 383. The fourth-order valence-electron chi connectivity index (χ4n) is 1.18. The number of phenols is 1. The molecular weight excluding hydrogens is 255 g/mol. The van der Waals surface area contributed by atoms with Crippen molar-refractivity contribution in [2.24, 2.45) is 0 Å². The van der Waals surface area contributed by atoms with Crippen LogP contribution in [0.25, 0.3) is 0 Å². The Balaban J connectivity index is 2.86. The molecule has 1 aromatic rings. The topological polar surface area (TPSA) is 66.8 Å². The van der Waals surface area contributed by atoms with E-state index in [1.807, 2.05) is 0 Å². The first kappa shape index (κ1) is 13.1. The zero-order chi connectivity index (χ0) is 12.3. The van der Waals surface area contributed by atoms with Crippen molar-refractivity contribution >= 4 is 29.2 Å². The van der Waals surface area contributed by atoms with Crippen LogP contribution in [0.3, 0.4) is 0 Å². The predicted octanol–water partition coefficient (Wildman–Crippen LogP) is 1.78. The molecule has 0 heterocycles. The third-order valence-electron chi connectivity index (χ3n) is 1.98. The molecule has 0 aliphatic carbocycles. The second-order valence-electron chi connectivity index (χ2n) is 3.15. The van der Waals surface area contributed by atoms with Gasteiger partial charge in [-0.3, -0.25) is 0 Å². The van der Waals surface area contributed by atoms with Crippen LogP contribution in [-0.2, 0) is 16.0 Å². The van der Waals surface area contributed by atoms with E-state index in [4.69, 9.17) is 23.2 Å². The van der Waals surface area contributed by atoms with Gasteiger partial charge in [-0.05, 0) is 17.7 Å². The van der Waals surface area contributed by atoms with Crippen LogP contribution in [0.2, 0.25) is 10.0 Å². The smallest absolute Gasteiger partial charge is 0.335 e. The van der Waals surface area contributed by atoms with E-state index in [9.17, 15) is 15.0 Å². The Hall–Kier alpha value is -0.970. The summed E-state index contributed by atoms with van der Waals surface area (Å²) < 4.78 is 4.36. The summed E-state index contributed by atoms with van der Waals surface area (Å²) in [6.45, 7) is 0. The maximum absolute atomic E-state index is 11.0. The molecular formula is C10H10Cl2O4. The number of carbonyl (C=O) groups is 1. The highest BCUT2D eigenvalue weighted by molar-refractivity contribution is 6.37. The Morgan fingerprint density at radius 2 is 1.94 bits per heavy atom. The molecule has 16 heavy (non-hydrogen) atoms. The fraction of sp³-hybridized carbons (Fsp3) is 0.300. The number of phenolic OH excluding ortho intramolecular Hbond substituents is 1. The highest BCUT2D eigenvalue weighted by Gasteiger charge is 2.17. The van der Waals surface area contributed by atoms with Crippen molar-refractivity contribution in [3.8, 4) is 5.75 Å². The quantitative estimate of drug-likeness (QED) is 0.817. The number of aliphatic hydroxyl groups excluding tert-OH is 1. The minimum absolute atomic E-state index is 0.0202. The van der Waals surface area contributed by atoms with Crippen LogP contribution in [0.4, 0.5) is 0 Å². The van der Waals surface area contributed by atoms with Gasteiger partial charge in [-0.2, -0.15) is 0 Å². The summed E-state index contributed by atoms with van der Waals surface area (Å²) in [5.74, 6) is -0.958. The van der Waals surface area contributed by atoms with Gasteiger partial charge in [0, 0.05) is 6.42 Å². The fourth-order valence-corrected chi connectivity index (χ4v) is 1.71. The number of halogens is 2. The van der Waals surface area contributed by atoms with Crippen molar-refractivity contribution in [2.45, 2.75) is 12.5 Å². The molecule has 0 aromatic heterocycles. The number of hydrogen-bond acceptors (Lipinski definition) is 4. The third-order valence-corrected chi connectivity index (χ3v) is 2.56. The summed E-state index contributed by atoms with van der Waals surface area (Å²) in [6, 6.07) is 2.85. The normalized spacial score (nSPS) is 12.2. The van der Waals surface area contributed by atoms with Gasteiger partial charge in [0.05, 0.1) is 17.2 Å². The van der Waals surface area contributed by atoms with Crippen LogP contribution < -0.4 is 0 Å². The monoisotopic (exact) mass is 264 g/mol. The highest BCUT2D eigenvalue weighted by atomic mass is 35.5. The molecule has 1 aromatic carbocycles. The number of methoxy groups -OCH3 is 1. The maximum atomic E-state index is 11.0. The Kier molecular flexibility index (Phi) is 4.41. The lowest BCUT2D eigenvalue weighted by Gasteiger charge is -2.09. The van der Waals surface area contributed by atoms with E-state index in [1.165, 1.54) is 19.2 Å². The van der Waals surface area contributed by atoms with Gasteiger partial charge in [0.25, 0.3) is 0 Å². The van der Waals surface area contributed by atoms with Gasteiger partial charge in [-0.15, -0.1) is 0 Å². The molecule has 0 bridgehead atoms. The molecule has 2 N–H and O–H groups in total. The number of aromatic hydroxyl groups is 1. The SMILES string of the molecule is COC(=O)[C@H](O)Cc1cc(Cl)c(O)c(Cl)c1. The number of rotatable bonds is 3. The maximum Gasteiger partial charge on any atom is 0.335 e. The van der Waals surface area contributed by atoms with Crippen molar-refractivity contribution in [3.63, 3.8) is 0 Å². The van der Waals surface area contributed by atoms with E-state index >= 15 is 0 Å². The number of aliphatic hydroxyl groups is 1. The first-order valence-electron chi connectivity index (χ1n) is 4.38. The summed E-state index contributed by atoms with van der Waals surface area (Å²) in [7, 11) is 1.18. The second kappa shape index (κ2) is 5.39. The Morgan fingerprint density at radius 3 is 2.38 bits per heavy atom. The molecule has 0 aliphatic heterocycles. The summed E-state index contributed by atoms with van der Waals surface area (Å²) >= 11 is 11.4. The lowest BCUT2D eigenvalue weighted by Crippen LogP contribution is -2.24. The first-order valence-corrected chi connectivity index (χ1v) is 5.14. The van der Waals surface area contributed by atoms with Crippen molar-refractivity contribution in [2.75, 3.05) is 7.11 Å². The van der Waals surface area contributed by atoms with Gasteiger partial charge in [0.15, 0.2) is 11.9 Å². The van der Waals surface area contributed by atoms with Crippen LogP contribution >= 0.6 is 23.2 Å². The average Bonchev–Trinajstić information content (AvgIpc) is 2.24. The zero-order valence-electron chi connectivity index (χ0n) is 8.41. The molecule has 0 amide bonds. The van der Waals surface area contributed by atoms with Crippen LogP contribution in [0.15, 0.2) is 12.1 Å². The molecule has 0 unspecified atom stereocenters. The van der Waals surface area contributed by atoms with Gasteiger partial charge >= 0.3 is 5.97 Å². The van der Waals surface area contributed by atoms with Gasteiger partial charge in [0.1, 0.15) is 0 Å². The Morgan fingerprint density at radius 1 is 1.44 bits per heavy atom. The van der Waals surface area contributed by atoms with Crippen molar-refractivity contribution in [3.05, 3.63) is 27.7 Å². The lowest BCUT2D eigenvalue weighted by atomic mass is 10.1. The largest absolute Gasteiger partial charge is 0.505 e. The van der Waals surface area contributed by atoms with Crippen molar-refractivity contribution < 1.29 is 19.7 Å². The summed E-state index contributed by atoms with van der Waals surface area (Å²) in [5.41, 5.74) is 0.533. The summed E-state index contributed by atoms with van der Waals surface area (Å²) in [4.78, 5) is 11.0.